The van der Waals surface area contributed by atoms with E-state index in [4.69, 9.17) is 5.26 Å². The molecule has 0 aliphatic heterocycles. The van der Waals surface area contributed by atoms with Crippen molar-refractivity contribution in [1.29, 1.82) is 5.26 Å². The molecule has 0 unspecified atom stereocenters. The Morgan fingerprint density at radius 3 is 2.19 bits per heavy atom. The summed E-state index contributed by atoms with van der Waals surface area (Å²) < 4.78 is 0. The zero-order valence-corrected chi connectivity index (χ0v) is 9.27. The molecule has 1 rings (SSSR count). The number of benzene rings is 1. The van der Waals surface area contributed by atoms with Crippen LogP contribution in [0.25, 0.3) is 0 Å². The highest BCUT2D eigenvalue weighted by Gasteiger charge is 2.25. The predicted molar refractivity (Wildman–Crippen MR) is 62.0 cm³/mol. The molecule has 86 valence electrons. The van der Waals surface area contributed by atoms with Crippen molar-refractivity contribution in [1.82, 2.24) is 0 Å². The highest BCUT2D eigenvalue weighted by atomic mass is 16.3. The number of anilines is 1. The maximum atomic E-state index is 9.26. The van der Waals surface area contributed by atoms with E-state index in [0.717, 1.165) is 5.69 Å². The largest absolute Gasteiger partial charge is 0.394 e. The summed E-state index contributed by atoms with van der Waals surface area (Å²) in [6, 6.07) is 8.93. The Kier molecular flexibility index (Phi) is 4.29. The van der Waals surface area contributed by atoms with E-state index < -0.39 is 5.54 Å². The maximum Gasteiger partial charge on any atom is 0.0991 e. The van der Waals surface area contributed by atoms with E-state index in [2.05, 4.69) is 5.32 Å². The molecule has 0 saturated heterocycles. The molecular formula is C12H16N2O2. The van der Waals surface area contributed by atoms with E-state index >= 15 is 0 Å². The lowest BCUT2D eigenvalue weighted by atomic mass is 9.98. The Morgan fingerprint density at radius 1 is 1.25 bits per heavy atom. The Labute approximate surface area is 95.2 Å². The highest BCUT2D eigenvalue weighted by molar-refractivity contribution is 5.49. The van der Waals surface area contributed by atoms with Crippen LogP contribution in [-0.2, 0) is 0 Å². The number of rotatable bonds is 5. The fraction of sp³-hybridized carbons (Fsp3) is 0.417. The molecule has 0 aliphatic rings. The average molecular weight is 220 g/mol. The highest BCUT2D eigenvalue weighted by Crippen LogP contribution is 2.18. The van der Waals surface area contributed by atoms with Gasteiger partial charge in [0.1, 0.15) is 0 Å². The minimum Gasteiger partial charge on any atom is -0.394 e. The molecule has 4 heteroatoms. The molecule has 0 bridgehead atoms. The first-order valence-electron chi connectivity index (χ1n) is 5.20. The third-order valence-corrected chi connectivity index (χ3v) is 2.71. The van der Waals surface area contributed by atoms with Gasteiger partial charge in [-0.25, -0.2) is 0 Å². The molecule has 0 amide bonds. The van der Waals surface area contributed by atoms with E-state index in [9.17, 15) is 10.2 Å². The Hall–Kier alpha value is -1.57. The summed E-state index contributed by atoms with van der Waals surface area (Å²) >= 11 is 0. The van der Waals surface area contributed by atoms with Crippen LogP contribution in [0.5, 0.6) is 0 Å². The van der Waals surface area contributed by atoms with Crippen molar-refractivity contribution in [3.8, 4) is 6.07 Å². The second kappa shape index (κ2) is 5.50. The van der Waals surface area contributed by atoms with E-state index in [1.807, 2.05) is 13.0 Å². The molecular weight excluding hydrogens is 204 g/mol. The van der Waals surface area contributed by atoms with Gasteiger partial charge in [-0.2, -0.15) is 5.26 Å². The summed E-state index contributed by atoms with van der Waals surface area (Å²) in [5, 5.41) is 30.3. The van der Waals surface area contributed by atoms with Crippen LogP contribution < -0.4 is 5.32 Å². The normalized spacial score (nSPS) is 10.9. The van der Waals surface area contributed by atoms with Crippen LogP contribution in [-0.4, -0.2) is 29.0 Å². The molecule has 3 N–H and O–H groups in total. The van der Waals surface area contributed by atoms with Gasteiger partial charge >= 0.3 is 0 Å². The average Bonchev–Trinajstić information content (AvgIpc) is 2.37. The van der Waals surface area contributed by atoms with Crippen molar-refractivity contribution < 1.29 is 10.2 Å². The van der Waals surface area contributed by atoms with E-state index in [-0.39, 0.29) is 13.2 Å². The number of aliphatic hydroxyl groups excluding tert-OH is 2. The minimum atomic E-state index is -0.700. The van der Waals surface area contributed by atoms with E-state index in [0.29, 0.717) is 12.0 Å². The van der Waals surface area contributed by atoms with Crippen molar-refractivity contribution in [3.63, 3.8) is 0 Å². The summed E-state index contributed by atoms with van der Waals surface area (Å²) in [5.41, 5.74) is 0.665. The Balaban J connectivity index is 2.82. The number of aliphatic hydroxyl groups is 2. The van der Waals surface area contributed by atoms with Gasteiger partial charge in [-0.1, -0.05) is 6.92 Å². The van der Waals surface area contributed by atoms with Gasteiger partial charge in [0.05, 0.1) is 30.4 Å². The molecule has 1 aromatic rings. The van der Waals surface area contributed by atoms with Crippen LogP contribution in [0.1, 0.15) is 18.9 Å². The summed E-state index contributed by atoms with van der Waals surface area (Å²) in [6.45, 7) is 1.61. The molecule has 0 saturated carbocycles. The van der Waals surface area contributed by atoms with Crippen molar-refractivity contribution in [2.45, 2.75) is 18.9 Å². The van der Waals surface area contributed by atoms with Gasteiger partial charge in [0.25, 0.3) is 0 Å². The number of nitrogens with one attached hydrogen (secondary N) is 1. The smallest absolute Gasteiger partial charge is 0.0991 e. The van der Waals surface area contributed by atoms with Gasteiger partial charge in [0.15, 0.2) is 0 Å². The summed E-state index contributed by atoms with van der Waals surface area (Å²) in [7, 11) is 0. The lowest BCUT2D eigenvalue weighted by Gasteiger charge is -2.30. The van der Waals surface area contributed by atoms with Crippen LogP contribution in [0.4, 0.5) is 5.69 Å². The van der Waals surface area contributed by atoms with Crippen LogP contribution in [0.3, 0.4) is 0 Å². The Morgan fingerprint density at radius 2 is 1.81 bits per heavy atom. The lowest BCUT2D eigenvalue weighted by Crippen LogP contribution is -2.45. The zero-order valence-electron chi connectivity index (χ0n) is 9.27. The molecule has 16 heavy (non-hydrogen) atoms. The van der Waals surface area contributed by atoms with Gasteiger partial charge in [0, 0.05) is 5.69 Å². The van der Waals surface area contributed by atoms with Crippen LogP contribution in [0.15, 0.2) is 24.3 Å². The second-order valence-electron chi connectivity index (χ2n) is 3.76. The van der Waals surface area contributed by atoms with Gasteiger partial charge in [-0.3, -0.25) is 0 Å². The zero-order chi connectivity index (χ0) is 12.0. The first kappa shape index (κ1) is 12.5. The van der Waals surface area contributed by atoms with Crippen molar-refractivity contribution >= 4 is 5.69 Å². The van der Waals surface area contributed by atoms with Gasteiger partial charge in [-0.15, -0.1) is 0 Å². The molecule has 0 heterocycles. The van der Waals surface area contributed by atoms with Crippen molar-refractivity contribution in [2.75, 3.05) is 18.5 Å². The SMILES string of the molecule is CCC(CO)(CO)Nc1ccc(C#N)cc1. The molecule has 0 aliphatic carbocycles. The number of hydrogen-bond acceptors (Lipinski definition) is 4. The van der Waals surface area contributed by atoms with Crippen LogP contribution >= 0.6 is 0 Å². The quantitative estimate of drug-likeness (QED) is 0.694. The van der Waals surface area contributed by atoms with E-state index in [1.54, 1.807) is 24.3 Å². The molecule has 0 atom stereocenters. The van der Waals surface area contributed by atoms with Crippen LogP contribution in [0, 0.1) is 11.3 Å². The van der Waals surface area contributed by atoms with Gasteiger partial charge in [-0.05, 0) is 30.7 Å². The topological polar surface area (TPSA) is 76.3 Å². The van der Waals surface area contributed by atoms with Crippen molar-refractivity contribution in [3.05, 3.63) is 29.8 Å². The molecule has 0 aromatic heterocycles. The fourth-order valence-corrected chi connectivity index (χ4v) is 1.38. The summed E-state index contributed by atoms with van der Waals surface area (Å²) in [6.07, 6.45) is 0.611. The van der Waals surface area contributed by atoms with Crippen molar-refractivity contribution in [2.24, 2.45) is 0 Å². The summed E-state index contributed by atoms with van der Waals surface area (Å²) in [5.74, 6) is 0. The standard InChI is InChI=1S/C12H16N2O2/c1-2-12(8-15,9-16)14-11-5-3-10(7-13)4-6-11/h3-6,14-16H,2,8-9H2,1H3. The monoisotopic (exact) mass is 220 g/mol. The Bertz CT molecular complexity index is 355. The lowest BCUT2D eigenvalue weighted by molar-refractivity contribution is 0.132. The first-order chi connectivity index (χ1) is 7.69. The number of nitrogens with zero attached hydrogens (tertiary/aromatic N) is 1. The minimum absolute atomic E-state index is 0.139. The number of nitriles is 1. The third kappa shape index (κ3) is 2.72. The molecule has 4 nitrogen and oxygen atoms in total. The van der Waals surface area contributed by atoms with Gasteiger partial charge < -0.3 is 15.5 Å². The molecule has 1 aromatic carbocycles. The third-order valence-electron chi connectivity index (χ3n) is 2.71. The van der Waals surface area contributed by atoms with Gasteiger partial charge in [0.2, 0.25) is 0 Å². The fourth-order valence-electron chi connectivity index (χ4n) is 1.38. The first-order valence-corrected chi connectivity index (χ1v) is 5.20. The predicted octanol–water partition coefficient (Wildman–Crippen LogP) is 1.10. The number of hydrogen-bond donors (Lipinski definition) is 3. The maximum absolute atomic E-state index is 9.26. The van der Waals surface area contributed by atoms with E-state index in [1.165, 1.54) is 0 Å². The molecule has 0 radical (unpaired) electrons. The molecule has 0 fully saturated rings. The summed E-state index contributed by atoms with van der Waals surface area (Å²) in [4.78, 5) is 0. The second-order valence-corrected chi connectivity index (χ2v) is 3.76. The molecule has 0 spiro atoms. The van der Waals surface area contributed by atoms with Crippen LogP contribution in [0.2, 0.25) is 0 Å².